The van der Waals surface area contributed by atoms with Gasteiger partial charge >= 0.3 is 0 Å². The number of hydrogen-bond acceptors (Lipinski definition) is 5. The molecule has 0 amide bonds. The molecule has 0 aliphatic carbocycles. The first-order chi connectivity index (χ1) is 10.2. The molecule has 0 saturated heterocycles. The molecule has 2 heterocycles. The summed E-state index contributed by atoms with van der Waals surface area (Å²) in [5.41, 5.74) is 6.71. The molecule has 0 aliphatic rings. The maximum Gasteiger partial charge on any atom is 0.191 e. The lowest BCUT2D eigenvalue weighted by Gasteiger charge is -2.12. The summed E-state index contributed by atoms with van der Waals surface area (Å²) in [4.78, 5) is 0. The number of nitrogens with zero attached hydrogens (tertiary/aromatic N) is 5. The minimum atomic E-state index is 0.492. The summed E-state index contributed by atoms with van der Waals surface area (Å²) in [5.74, 6) is 1.71. The lowest BCUT2D eigenvalue weighted by Crippen LogP contribution is -2.12. The van der Waals surface area contributed by atoms with Gasteiger partial charge in [-0.05, 0) is 25.8 Å². The van der Waals surface area contributed by atoms with Crippen LogP contribution in [0.2, 0.25) is 0 Å². The van der Waals surface area contributed by atoms with Gasteiger partial charge in [0, 0.05) is 25.0 Å². The average Bonchev–Trinajstić information content (AvgIpc) is 3.08. The van der Waals surface area contributed by atoms with Gasteiger partial charge in [-0.2, -0.15) is 5.10 Å². The first-order valence-corrected chi connectivity index (χ1v) is 8.44. The van der Waals surface area contributed by atoms with Gasteiger partial charge in [-0.3, -0.25) is 4.68 Å². The van der Waals surface area contributed by atoms with Crippen LogP contribution >= 0.6 is 11.8 Å². The minimum absolute atomic E-state index is 0.492. The summed E-state index contributed by atoms with van der Waals surface area (Å²) in [5, 5.41) is 13.9. The molecule has 2 aromatic rings. The predicted octanol–water partition coefficient (Wildman–Crippen LogP) is 2.40. The van der Waals surface area contributed by atoms with Gasteiger partial charge in [0.15, 0.2) is 5.16 Å². The highest BCUT2D eigenvalue weighted by molar-refractivity contribution is 7.98. The van der Waals surface area contributed by atoms with Crippen molar-refractivity contribution in [3.63, 3.8) is 0 Å². The van der Waals surface area contributed by atoms with E-state index in [2.05, 4.69) is 50.7 Å². The summed E-state index contributed by atoms with van der Waals surface area (Å²) >= 11 is 1.66. The highest BCUT2D eigenvalue weighted by atomic mass is 32.2. The largest absolute Gasteiger partial charge is 0.329 e. The van der Waals surface area contributed by atoms with Crippen molar-refractivity contribution in [3.05, 3.63) is 23.8 Å². The molecule has 2 N–H and O–H groups in total. The Labute approximate surface area is 130 Å². The monoisotopic (exact) mass is 308 g/mol. The Morgan fingerprint density at radius 2 is 2.05 bits per heavy atom. The topological polar surface area (TPSA) is 74.5 Å². The number of aromatic nitrogens is 5. The first kappa shape index (κ1) is 16.0. The Hall–Kier alpha value is -1.34. The first-order valence-electron chi connectivity index (χ1n) is 7.46. The van der Waals surface area contributed by atoms with Crippen LogP contribution in [0.25, 0.3) is 0 Å². The molecular weight excluding hydrogens is 284 g/mol. The molecule has 116 valence electrons. The van der Waals surface area contributed by atoms with Gasteiger partial charge in [-0.1, -0.05) is 25.6 Å². The van der Waals surface area contributed by atoms with Crippen molar-refractivity contribution in [3.8, 4) is 0 Å². The SMILES string of the molecule is CCC(CC)n1ccc(CSc2nnc(C)n2CCN)n1. The predicted molar refractivity (Wildman–Crippen MR) is 85.2 cm³/mol. The van der Waals surface area contributed by atoms with Gasteiger partial charge in [0.05, 0.1) is 11.7 Å². The summed E-state index contributed by atoms with van der Waals surface area (Å²) < 4.78 is 4.13. The van der Waals surface area contributed by atoms with Crippen LogP contribution in [-0.2, 0) is 12.3 Å². The quantitative estimate of drug-likeness (QED) is 0.758. The molecule has 2 aromatic heterocycles. The standard InChI is InChI=1S/C14H24N6S/c1-4-13(5-2)20-8-6-12(18-20)10-21-14-17-16-11(3)19(14)9-7-15/h6,8,13H,4-5,7,9-10,15H2,1-3H3. The fourth-order valence-electron chi connectivity index (χ4n) is 2.31. The normalized spacial score (nSPS) is 11.5. The van der Waals surface area contributed by atoms with Gasteiger partial charge in [0.25, 0.3) is 0 Å². The molecule has 0 fully saturated rings. The molecule has 0 aromatic carbocycles. The number of nitrogens with two attached hydrogens (primary N) is 1. The number of aryl methyl sites for hydroxylation is 1. The van der Waals surface area contributed by atoms with Crippen molar-refractivity contribution < 1.29 is 0 Å². The van der Waals surface area contributed by atoms with Crippen molar-refractivity contribution >= 4 is 11.8 Å². The van der Waals surface area contributed by atoms with Crippen molar-refractivity contribution in [2.45, 2.75) is 57.1 Å². The molecule has 0 saturated carbocycles. The summed E-state index contributed by atoms with van der Waals surface area (Å²) in [6, 6.07) is 2.58. The molecule has 7 heteroatoms. The molecule has 0 bridgehead atoms. The fourth-order valence-corrected chi connectivity index (χ4v) is 3.22. The summed E-state index contributed by atoms with van der Waals surface area (Å²) in [7, 11) is 0. The van der Waals surface area contributed by atoms with E-state index in [-0.39, 0.29) is 0 Å². The Kier molecular flexibility index (Phi) is 5.81. The van der Waals surface area contributed by atoms with Gasteiger partial charge in [-0.15, -0.1) is 10.2 Å². The molecule has 0 radical (unpaired) electrons. The number of rotatable bonds is 8. The maximum absolute atomic E-state index is 5.63. The summed E-state index contributed by atoms with van der Waals surface area (Å²) in [6.07, 6.45) is 4.28. The van der Waals surface area contributed by atoms with Gasteiger partial charge in [-0.25, -0.2) is 0 Å². The van der Waals surface area contributed by atoms with Crippen LogP contribution in [-0.4, -0.2) is 31.1 Å². The molecule has 2 rings (SSSR count). The third-order valence-electron chi connectivity index (χ3n) is 3.58. The fraction of sp³-hybridized carbons (Fsp3) is 0.643. The highest BCUT2D eigenvalue weighted by Crippen LogP contribution is 2.22. The second kappa shape index (κ2) is 7.61. The van der Waals surface area contributed by atoms with Gasteiger partial charge < -0.3 is 10.3 Å². The second-order valence-electron chi connectivity index (χ2n) is 5.02. The van der Waals surface area contributed by atoms with Crippen molar-refractivity contribution in [1.82, 2.24) is 24.5 Å². The Morgan fingerprint density at radius 1 is 1.29 bits per heavy atom. The van der Waals surface area contributed by atoms with Crippen LogP contribution in [0, 0.1) is 6.92 Å². The van der Waals surface area contributed by atoms with E-state index in [1.54, 1.807) is 11.8 Å². The Morgan fingerprint density at radius 3 is 2.71 bits per heavy atom. The maximum atomic E-state index is 5.63. The van der Waals surface area contributed by atoms with Crippen LogP contribution in [0.15, 0.2) is 17.4 Å². The third-order valence-corrected chi connectivity index (χ3v) is 4.58. The van der Waals surface area contributed by atoms with Crippen LogP contribution in [0.3, 0.4) is 0 Å². The highest BCUT2D eigenvalue weighted by Gasteiger charge is 2.11. The Balaban J connectivity index is 2.00. The third kappa shape index (κ3) is 3.85. The number of thioether (sulfide) groups is 1. The average molecular weight is 308 g/mol. The van der Waals surface area contributed by atoms with E-state index in [1.165, 1.54) is 0 Å². The minimum Gasteiger partial charge on any atom is -0.329 e. The van der Waals surface area contributed by atoms with E-state index < -0.39 is 0 Å². The second-order valence-corrected chi connectivity index (χ2v) is 5.96. The lowest BCUT2D eigenvalue weighted by atomic mass is 10.2. The van der Waals surface area contributed by atoms with E-state index in [9.17, 15) is 0 Å². The molecule has 21 heavy (non-hydrogen) atoms. The van der Waals surface area contributed by atoms with E-state index in [1.807, 2.05) is 6.92 Å². The summed E-state index contributed by atoms with van der Waals surface area (Å²) in [6.45, 7) is 7.69. The number of hydrogen-bond donors (Lipinski definition) is 1. The van der Waals surface area contributed by atoms with Crippen LogP contribution in [0.1, 0.15) is 44.2 Å². The zero-order valence-electron chi connectivity index (χ0n) is 13.0. The van der Waals surface area contributed by atoms with Crippen molar-refractivity contribution in [2.75, 3.05) is 6.54 Å². The molecule has 0 atom stereocenters. The van der Waals surface area contributed by atoms with Gasteiger partial charge in [0.1, 0.15) is 5.82 Å². The van der Waals surface area contributed by atoms with Crippen molar-refractivity contribution in [1.29, 1.82) is 0 Å². The lowest BCUT2D eigenvalue weighted by molar-refractivity contribution is 0.426. The zero-order chi connectivity index (χ0) is 15.2. The van der Waals surface area contributed by atoms with E-state index in [0.29, 0.717) is 12.6 Å². The van der Waals surface area contributed by atoms with Gasteiger partial charge in [0.2, 0.25) is 0 Å². The zero-order valence-corrected chi connectivity index (χ0v) is 13.8. The van der Waals surface area contributed by atoms with Crippen LogP contribution in [0.4, 0.5) is 0 Å². The smallest absolute Gasteiger partial charge is 0.191 e. The molecular formula is C14H24N6S. The molecule has 0 spiro atoms. The Bertz CT molecular complexity index is 558. The molecule has 6 nitrogen and oxygen atoms in total. The molecule has 0 aliphatic heterocycles. The van der Waals surface area contributed by atoms with E-state index in [4.69, 9.17) is 5.73 Å². The van der Waals surface area contributed by atoms with Crippen LogP contribution in [0.5, 0.6) is 0 Å². The van der Waals surface area contributed by atoms with Crippen molar-refractivity contribution in [2.24, 2.45) is 5.73 Å². The van der Waals surface area contributed by atoms with E-state index in [0.717, 1.165) is 41.8 Å². The van der Waals surface area contributed by atoms with E-state index >= 15 is 0 Å². The van der Waals surface area contributed by atoms with Crippen LogP contribution < -0.4 is 5.73 Å². The molecule has 0 unspecified atom stereocenters.